The molecular formula is C7H11N2-. The Kier molecular flexibility index (Phi) is 1.47. The molecule has 1 aromatic rings. The molecule has 2 heteroatoms. The molecular weight excluding hydrogens is 112 g/mol. The summed E-state index contributed by atoms with van der Waals surface area (Å²) in [5.74, 6) is 1.51. The molecule has 0 saturated heterocycles. The molecule has 0 saturated carbocycles. The van der Waals surface area contributed by atoms with Gasteiger partial charge in [-0.3, -0.25) is 0 Å². The summed E-state index contributed by atoms with van der Waals surface area (Å²) in [6.07, 6.45) is 3.62. The quantitative estimate of drug-likeness (QED) is 0.519. The van der Waals surface area contributed by atoms with Crippen molar-refractivity contribution in [2.75, 3.05) is 0 Å². The summed E-state index contributed by atoms with van der Waals surface area (Å²) in [6.45, 7) is 4.20. The monoisotopic (exact) mass is 123 g/mol. The Hall–Kier alpha value is -0.920. The summed E-state index contributed by atoms with van der Waals surface area (Å²) >= 11 is 0. The molecule has 0 unspecified atom stereocenters. The van der Waals surface area contributed by atoms with Crippen LogP contribution in [0.2, 0.25) is 0 Å². The van der Waals surface area contributed by atoms with Crippen molar-refractivity contribution in [1.82, 2.24) is 9.55 Å². The summed E-state index contributed by atoms with van der Waals surface area (Å²) in [5.41, 5.74) is 0. The first-order valence-corrected chi connectivity index (χ1v) is 3.06. The van der Waals surface area contributed by atoms with Gasteiger partial charge >= 0.3 is 0 Å². The summed E-state index contributed by atoms with van der Waals surface area (Å²) < 4.78 is 1.80. The van der Waals surface area contributed by atoms with Gasteiger partial charge in [-0.05, 0) is 12.1 Å². The van der Waals surface area contributed by atoms with Crippen LogP contribution in [0.5, 0.6) is 0 Å². The zero-order valence-corrected chi connectivity index (χ0v) is 5.83. The van der Waals surface area contributed by atoms with E-state index in [0.717, 1.165) is 5.82 Å². The fourth-order valence-electron chi connectivity index (χ4n) is 0.821. The lowest BCUT2D eigenvalue weighted by Gasteiger charge is -2.11. The highest BCUT2D eigenvalue weighted by Gasteiger charge is 1.93. The fourth-order valence-corrected chi connectivity index (χ4v) is 0.821. The lowest BCUT2D eigenvalue weighted by Crippen LogP contribution is -1.96. The third kappa shape index (κ3) is 1.07. The van der Waals surface area contributed by atoms with E-state index in [2.05, 4.69) is 25.9 Å². The van der Waals surface area contributed by atoms with Gasteiger partial charge in [0.2, 0.25) is 0 Å². The van der Waals surface area contributed by atoms with Crippen molar-refractivity contribution in [2.45, 2.75) is 19.8 Å². The molecule has 0 aliphatic rings. The van der Waals surface area contributed by atoms with E-state index in [1.54, 1.807) is 10.8 Å². The van der Waals surface area contributed by atoms with Crippen molar-refractivity contribution in [1.29, 1.82) is 0 Å². The van der Waals surface area contributed by atoms with E-state index in [-0.39, 0.29) is 0 Å². The minimum atomic E-state index is 0.470. The SMILES string of the molecule is [CH2-]n1ccnc1C(C)C. The molecule has 1 heterocycles. The van der Waals surface area contributed by atoms with E-state index < -0.39 is 0 Å². The van der Waals surface area contributed by atoms with Crippen LogP contribution in [0.25, 0.3) is 0 Å². The number of rotatable bonds is 1. The molecule has 9 heavy (non-hydrogen) atoms. The molecule has 0 N–H and O–H groups in total. The molecule has 0 aliphatic heterocycles. The Balaban J connectivity index is 2.94. The molecule has 0 aromatic carbocycles. The average molecular weight is 123 g/mol. The van der Waals surface area contributed by atoms with Gasteiger partial charge in [0.25, 0.3) is 0 Å². The summed E-state index contributed by atoms with van der Waals surface area (Å²) in [4.78, 5) is 4.12. The molecule has 0 atom stereocenters. The lowest BCUT2D eigenvalue weighted by molar-refractivity contribution is 0.750. The van der Waals surface area contributed by atoms with Crippen molar-refractivity contribution in [3.8, 4) is 0 Å². The first-order valence-electron chi connectivity index (χ1n) is 3.06. The van der Waals surface area contributed by atoms with E-state index in [1.807, 2.05) is 6.20 Å². The minimum absolute atomic E-state index is 0.470. The van der Waals surface area contributed by atoms with Gasteiger partial charge in [0, 0.05) is 5.82 Å². The van der Waals surface area contributed by atoms with E-state index in [9.17, 15) is 0 Å². The Morgan fingerprint density at radius 1 is 1.67 bits per heavy atom. The van der Waals surface area contributed by atoms with Crippen LogP contribution in [0.3, 0.4) is 0 Å². The highest BCUT2D eigenvalue weighted by atomic mass is 15.0. The normalized spacial score (nSPS) is 10.6. The molecule has 1 aromatic heterocycles. The van der Waals surface area contributed by atoms with Crippen LogP contribution in [0.15, 0.2) is 12.4 Å². The first kappa shape index (κ1) is 6.20. The van der Waals surface area contributed by atoms with Crippen LogP contribution in [0.4, 0.5) is 0 Å². The van der Waals surface area contributed by atoms with Crippen LogP contribution in [-0.4, -0.2) is 9.55 Å². The summed E-state index contributed by atoms with van der Waals surface area (Å²) in [5, 5.41) is 0. The second-order valence-electron chi connectivity index (χ2n) is 2.41. The Morgan fingerprint density at radius 3 is 2.56 bits per heavy atom. The topological polar surface area (TPSA) is 17.8 Å². The van der Waals surface area contributed by atoms with Gasteiger partial charge < -0.3 is 9.55 Å². The molecule has 2 nitrogen and oxygen atoms in total. The molecule has 0 radical (unpaired) electrons. The maximum absolute atomic E-state index is 4.12. The lowest BCUT2D eigenvalue weighted by atomic mass is 10.2. The van der Waals surface area contributed by atoms with Crippen molar-refractivity contribution in [3.05, 3.63) is 25.3 Å². The van der Waals surface area contributed by atoms with E-state index in [1.165, 1.54) is 0 Å². The van der Waals surface area contributed by atoms with Gasteiger partial charge in [0.05, 0.1) is 0 Å². The molecule has 0 bridgehead atoms. The highest BCUT2D eigenvalue weighted by molar-refractivity contribution is 4.97. The van der Waals surface area contributed by atoms with Gasteiger partial charge in [-0.15, -0.1) is 7.05 Å². The Labute approximate surface area is 55.5 Å². The third-order valence-electron chi connectivity index (χ3n) is 1.26. The molecule has 1 rings (SSSR count). The van der Waals surface area contributed by atoms with Crippen LogP contribution in [0.1, 0.15) is 25.6 Å². The maximum atomic E-state index is 4.12. The standard InChI is InChI=1S/C7H11N2/c1-6(2)7-8-4-5-9(7)3/h4-6H,3H2,1-2H3/q-1. The Bertz CT molecular complexity index is 189. The predicted octanol–water partition coefficient (Wildman–Crippen LogP) is 1.65. The molecule has 0 aliphatic carbocycles. The minimum Gasteiger partial charge on any atom is -0.474 e. The number of nitrogens with zero attached hydrogens (tertiary/aromatic N) is 2. The molecule has 0 fully saturated rings. The van der Waals surface area contributed by atoms with Crippen LogP contribution < -0.4 is 0 Å². The first-order chi connectivity index (χ1) is 4.22. The van der Waals surface area contributed by atoms with Crippen molar-refractivity contribution in [2.24, 2.45) is 0 Å². The van der Waals surface area contributed by atoms with Crippen LogP contribution in [0, 0.1) is 7.05 Å². The predicted molar refractivity (Wildman–Crippen MR) is 37.1 cm³/mol. The Morgan fingerprint density at radius 2 is 2.33 bits per heavy atom. The highest BCUT2D eigenvalue weighted by Crippen LogP contribution is 2.09. The van der Waals surface area contributed by atoms with E-state index in [4.69, 9.17) is 0 Å². The van der Waals surface area contributed by atoms with Gasteiger partial charge in [0.1, 0.15) is 0 Å². The van der Waals surface area contributed by atoms with Crippen molar-refractivity contribution >= 4 is 0 Å². The molecule has 0 amide bonds. The maximum Gasteiger partial charge on any atom is 0.00460 e. The van der Waals surface area contributed by atoms with Gasteiger partial charge in [0.15, 0.2) is 0 Å². The van der Waals surface area contributed by atoms with E-state index >= 15 is 0 Å². The molecule has 50 valence electrons. The zero-order valence-electron chi connectivity index (χ0n) is 5.83. The van der Waals surface area contributed by atoms with Crippen molar-refractivity contribution < 1.29 is 0 Å². The average Bonchev–Trinajstić information content (AvgIpc) is 2.13. The number of aromatic nitrogens is 2. The van der Waals surface area contributed by atoms with E-state index in [0.29, 0.717) is 5.92 Å². The zero-order chi connectivity index (χ0) is 6.85. The summed E-state index contributed by atoms with van der Waals surface area (Å²) in [7, 11) is 3.76. The van der Waals surface area contributed by atoms with Crippen LogP contribution in [-0.2, 0) is 0 Å². The van der Waals surface area contributed by atoms with Gasteiger partial charge in [-0.1, -0.05) is 20.0 Å². The van der Waals surface area contributed by atoms with Crippen molar-refractivity contribution in [3.63, 3.8) is 0 Å². The third-order valence-corrected chi connectivity index (χ3v) is 1.26. The van der Waals surface area contributed by atoms with Gasteiger partial charge in [-0.2, -0.15) is 0 Å². The second-order valence-corrected chi connectivity index (χ2v) is 2.41. The van der Waals surface area contributed by atoms with Crippen LogP contribution >= 0.6 is 0 Å². The smallest absolute Gasteiger partial charge is 0.00460 e. The fraction of sp³-hybridized carbons (Fsp3) is 0.429. The second kappa shape index (κ2) is 2.13. The number of hydrogen-bond donors (Lipinski definition) is 0. The largest absolute Gasteiger partial charge is 0.474 e. The van der Waals surface area contributed by atoms with Gasteiger partial charge in [-0.25, -0.2) is 0 Å². The number of imidazole rings is 1. The summed E-state index contributed by atoms with van der Waals surface area (Å²) in [6, 6.07) is 0. The molecule has 0 spiro atoms. The number of hydrogen-bond acceptors (Lipinski definition) is 1.